The Morgan fingerprint density at radius 3 is 2.88 bits per heavy atom. The Kier molecular flexibility index (Phi) is 4.44. The number of hydrogen-bond donors (Lipinski definition) is 6. The van der Waals surface area contributed by atoms with E-state index in [0.29, 0.717) is 11.2 Å². The molecule has 14 heteroatoms. The molecule has 0 amide bonds. The van der Waals surface area contributed by atoms with Crippen LogP contribution in [-0.2, 0) is 13.8 Å². The van der Waals surface area contributed by atoms with E-state index in [1.54, 1.807) is 0 Å². The number of aromatic nitrogens is 4. The lowest BCUT2D eigenvalue weighted by Crippen LogP contribution is -2.35. The Bertz CT molecular complexity index is 865. The molecular weight excluding hydrogens is 365 g/mol. The quantitative estimate of drug-likeness (QED) is 0.276. The van der Waals surface area contributed by atoms with Gasteiger partial charge in [-0.25, -0.2) is 14.5 Å². The first kappa shape index (κ1) is 17.4. The van der Waals surface area contributed by atoms with Crippen molar-refractivity contribution < 1.29 is 33.8 Å². The number of imidazole rings is 1. The first-order valence-corrected chi connectivity index (χ1v) is 8.56. The minimum Gasteiger partial charge on any atom is -0.394 e. The highest BCUT2D eigenvalue weighted by molar-refractivity contribution is 7.71. The maximum Gasteiger partial charge on any atom is 0.470 e. The van der Waals surface area contributed by atoms with Crippen molar-refractivity contribution in [1.29, 1.82) is 0 Å². The molecule has 3 rings (SSSR count). The molecule has 0 aromatic carbocycles. The van der Waals surface area contributed by atoms with E-state index < -0.39 is 39.0 Å². The molecule has 0 saturated carbocycles. The zero-order valence-corrected chi connectivity index (χ0v) is 13.6. The summed E-state index contributed by atoms with van der Waals surface area (Å²) in [5.74, 6) is 0.0171. The zero-order chi connectivity index (χ0) is 17.6. The molecule has 12 nitrogen and oxygen atoms in total. The molecule has 24 heavy (non-hydrogen) atoms. The van der Waals surface area contributed by atoms with E-state index in [1.807, 2.05) is 0 Å². The Labute approximate surface area is 139 Å². The van der Waals surface area contributed by atoms with Crippen LogP contribution in [0.3, 0.4) is 0 Å². The fraction of sp³-hybridized carbons (Fsp3) is 0.500. The van der Waals surface area contributed by atoms with Gasteiger partial charge in [0.25, 0.3) is 0 Å². The van der Waals surface area contributed by atoms with Crippen LogP contribution in [0.4, 0.5) is 5.95 Å². The normalized spacial score (nSPS) is 27.8. The number of aromatic amines is 1. The van der Waals surface area contributed by atoms with Crippen LogP contribution in [0.25, 0.3) is 11.2 Å². The largest absolute Gasteiger partial charge is 0.470 e. The Morgan fingerprint density at radius 1 is 1.54 bits per heavy atom. The van der Waals surface area contributed by atoms with Crippen LogP contribution in [0.15, 0.2) is 6.33 Å². The van der Waals surface area contributed by atoms with Crippen molar-refractivity contribution >= 4 is 37.2 Å². The number of H-pyrrole nitrogens is 1. The van der Waals surface area contributed by atoms with Gasteiger partial charge in [-0.2, -0.15) is 0 Å². The Morgan fingerprint density at radius 2 is 2.25 bits per heavy atom. The highest BCUT2D eigenvalue weighted by Crippen LogP contribution is 2.44. The summed E-state index contributed by atoms with van der Waals surface area (Å²) in [4.78, 5) is 28.5. The van der Waals surface area contributed by atoms with Gasteiger partial charge in [-0.05, 0) is 0 Å². The molecule has 0 radical (unpaired) electrons. The highest BCUT2D eigenvalue weighted by atomic mass is 32.1. The lowest BCUT2D eigenvalue weighted by atomic mass is 10.1. The number of ether oxygens (including phenoxy) is 1. The molecule has 2 aromatic heterocycles. The van der Waals surface area contributed by atoms with E-state index in [1.165, 1.54) is 10.9 Å². The molecule has 132 valence electrons. The SMILES string of the molecule is Nc1nc(=S)c2ncn(C3OC(CO)C(OP(=O)(O)O)C3O)c2[nH]1. The lowest BCUT2D eigenvalue weighted by Gasteiger charge is -2.20. The number of nitrogens with zero attached hydrogens (tertiary/aromatic N) is 3. The second kappa shape index (κ2) is 6.13. The molecule has 0 aliphatic carbocycles. The number of nitrogen functional groups attached to an aromatic ring is 1. The van der Waals surface area contributed by atoms with Crippen LogP contribution in [0.5, 0.6) is 0 Å². The van der Waals surface area contributed by atoms with E-state index in [-0.39, 0.29) is 10.6 Å². The van der Waals surface area contributed by atoms with Gasteiger partial charge in [0.2, 0.25) is 0 Å². The van der Waals surface area contributed by atoms with Crippen LogP contribution in [-0.4, -0.2) is 64.4 Å². The van der Waals surface area contributed by atoms with Crippen molar-refractivity contribution in [3.63, 3.8) is 0 Å². The molecule has 0 bridgehead atoms. The zero-order valence-electron chi connectivity index (χ0n) is 11.9. The smallest absolute Gasteiger partial charge is 0.394 e. The molecule has 4 atom stereocenters. The summed E-state index contributed by atoms with van der Waals surface area (Å²) in [6.45, 7) is -0.620. The number of aliphatic hydroxyl groups is 2. The third kappa shape index (κ3) is 3.08. The average molecular weight is 379 g/mol. The maximum absolute atomic E-state index is 11.0. The molecule has 1 saturated heterocycles. The maximum atomic E-state index is 11.0. The van der Waals surface area contributed by atoms with Crippen molar-refractivity contribution in [2.24, 2.45) is 0 Å². The third-order valence-electron chi connectivity index (χ3n) is 3.49. The molecule has 3 heterocycles. The van der Waals surface area contributed by atoms with Crippen LogP contribution in [0.2, 0.25) is 0 Å². The van der Waals surface area contributed by atoms with Gasteiger partial charge >= 0.3 is 7.82 Å². The van der Waals surface area contributed by atoms with Crippen LogP contribution < -0.4 is 5.73 Å². The van der Waals surface area contributed by atoms with E-state index in [2.05, 4.69) is 19.5 Å². The molecule has 0 spiro atoms. The van der Waals surface area contributed by atoms with Crippen LogP contribution in [0, 0.1) is 4.64 Å². The number of rotatable bonds is 4. The molecule has 4 unspecified atom stereocenters. The Balaban J connectivity index is 2.01. The molecule has 1 aliphatic rings. The third-order valence-corrected chi connectivity index (χ3v) is 4.29. The average Bonchev–Trinajstić information content (AvgIpc) is 3.00. The second-order valence-electron chi connectivity index (χ2n) is 5.08. The van der Waals surface area contributed by atoms with E-state index in [0.717, 1.165) is 0 Å². The summed E-state index contributed by atoms with van der Waals surface area (Å²) in [6.07, 6.45) is -3.95. The van der Waals surface area contributed by atoms with Crippen LogP contribution >= 0.6 is 20.0 Å². The van der Waals surface area contributed by atoms with Gasteiger partial charge in [0.05, 0.1) is 12.9 Å². The van der Waals surface area contributed by atoms with Crippen molar-refractivity contribution in [2.45, 2.75) is 24.5 Å². The Hall–Kier alpha value is -1.44. The highest BCUT2D eigenvalue weighted by Gasteiger charge is 2.48. The van der Waals surface area contributed by atoms with Gasteiger partial charge in [-0.1, -0.05) is 12.2 Å². The number of nitrogens with one attached hydrogen (secondary N) is 1. The summed E-state index contributed by atoms with van der Waals surface area (Å²) in [7, 11) is -4.90. The lowest BCUT2D eigenvalue weighted by molar-refractivity contribution is -0.0509. The van der Waals surface area contributed by atoms with Crippen LogP contribution in [0.1, 0.15) is 6.23 Å². The predicted octanol–water partition coefficient (Wildman–Crippen LogP) is -1.20. The van der Waals surface area contributed by atoms with Gasteiger partial charge in [0.15, 0.2) is 16.8 Å². The molecule has 7 N–H and O–H groups in total. The summed E-state index contributed by atoms with van der Waals surface area (Å²) in [5, 5.41) is 19.7. The fourth-order valence-electron chi connectivity index (χ4n) is 2.53. The monoisotopic (exact) mass is 379 g/mol. The van der Waals surface area contributed by atoms with Gasteiger partial charge in [0.1, 0.15) is 29.5 Å². The van der Waals surface area contributed by atoms with Gasteiger partial charge in [0, 0.05) is 0 Å². The first-order valence-electron chi connectivity index (χ1n) is 6.62. The van der Waals surface area contributed by atoms with Crippen molar-refractivity contribution in [3.05, 3.63) is 11.0 Å². The number of anilines is 1. The topological polar surface area (TPSA) is 189 Å². The number of phosphoric acid groups is 1. The van der Waals surface area contributed by atoms with Gasteiger partial charge in [-0.15, -0.1) is 0 Å². The van der Waals surface area contributed by atoms with Crippen molar-refractivity contribution in [1.82, 2.24) is 19.5 Å². The number of fused-ring (bicyclic) bond motifs is 1. The minimum atomic E-state index is -4.90. The summed E-state index contributed by atoms with van der Waals surface area (Å²) < 4.78 is 22.5. The second-order valence-corrected chi connectivity index (χ2v) is 6.65. The van der Waals surface area contributed by atoms with Crippen molar-refractivity contribution in [2.75, 3.05) is 12.3 Å². The summed E-state index contributed by atoms with van der Waals surface area (Å²) in [5.41, 5.74) is 6.20. The van der Waals surface area contributed by atoms with Crippen molar-refractivity contribution in [3.8, 4) is 0 Å². The van der Waals surface area contributed by atoms with E-state index >= 15 is 0 Å². The van der Waals surface area contributed by atoms with Gasteiger partial charge in [-0.3, -0.25) is 9.09 Å². The minimum absolute atomic E-state index is 0.0171. The summed E-state index contributed by atoms with van der Waals surface area (Å²) >= 11 is 5.04. The molecule has 1 aliphatic heterocycles. The molecular formula is C10H14N5O7PS. The number of hydrogen-bond acceptors (Lipinski definition) is 9. The van der Waals surface area contributed by atoms with Gasteiger partial charge < -0.3 is 35.5 Å². The number of phosphoric ester groups is 1. The summed E-state index contributed by atoms with van der Waals surface area (Å²) in [6, 6.07) is 0. The molecule has 1 fully saturated rings. The predicted molar refractivity (Wildman–Crippen MR) is 81.0 cm³/mol. The van der Waals surface area contributed by atoms with E-state index in [9.17, 15) is 14.8 Å². The molecule has 2 aromatic rings. The number of nitrogens with two attached hydrogens (primary N) is 1. The first-order chi connectivity index (χ1) is 11.2. The van der Waals surface area contributed by atoms with E-state index in [4.69, 9.17) is 32.5 Å². The standard InChI is InChI=1S/C10H14N5O7PS/c11-10-13-7-4(8(24)14-10)12-2-15(7)9-5(17)6(3(1-16)21-9)22-23(18,19)20/h2-3,5-6,9,16-17H,1H2,(H2,18,19,20)(H3,11,13,14,24). The number of aliphatic hydroxyl groups excluding tert-OH is 2. The fourth-order valence-corrected chi connectivity index (χ4v) is 3.36.